The normalized spacial score (nSPS) is 19.6. The van der Waals surface area contributed by atoms with Crippen LogP contribution in [0.4, 0.5) is 10.2 Å². The van der Waals surface area contributed by atoms with Crippen LogP contribution in [0.2, 0.25) is 0 Å². The summed E-state index contributed by atoms with van der Waals surface area (Å²) < 4.78 is 25.7. The maximum absolute atomic E-state index is 14.8. The summed E-state index contributed by atoms with van der Waals surface area (Å²) in [6, 6.07) is 5.77. The molecule has 0 aliphatic carbocycles. The molecule has 2 aromatic heterocycles. The summed E-state index contributed by atoms with van der Waals surface area (Å²) in [5.74, 6) is 1.85. The van der Waals surface area contributed by atoms with Gasteiger partial charge in [0.25, 0.3) is 0 Å². The number of methoxy groups -OCH3 is 2. The molecular weight excluding hydrogens is 361 g/mol. The molecule has 0 amide bonds. The van der Waals surface area contributed by atoms with Gasteiger partial charge in [-0.3, -0.25) is 0 Å². The van der Waals surface area contributed by atoms with E-state index >= 15 is 0 Å². The summed E-state index contributed by atoms with van der Waals surface area (Å²) in [7, 11) is 3.23. The maximum Gasteiger partial charge on any atom is 0.199 e. The molecule has 28 heavy (non-hydrogen) atoms. The third kappa shape index (κ3) is 2.41. The molecule has 1 saturated heterocycles. The van der Waals surface area contributed by atoms with Crippen LogP contribution in [0.5, 0.6) is 11.5 Å². The Hall–Kier alpha value is -3.29. The molecular formula is C20H18FN5O2. The monoisotopic (exact) mass is 379 g/mol. The van der Waals surface area contributed by atoms with Gasteiger partial charge in [-0.05, 0) is 42.2 Å². The molecule has 8 heteroatoms. The average molecular weight is 379 g/mol. The van der Waals surface area contributed by atoms with Crippen LogP contribution in [0.1, 0.15) is 36.1 Å². The Morgan fingerprint density at radius 1 is 0.929 bits per heavy atom. The van der Waals surface area contributed by atoms with Gasteiger partial charge in [0.15, 0.2) is 34.8 Å². The van der Waals surface area contributed by atoms with Crippen molar-refractivity contribution in [3.8, 4) is 23.1 Å². The molecule has 2 atom stereocenters. The van der Waals surface area contributed by atoms with Crippen LogP contribution in [-0.2, 0) is 0 Å². The number of aromatic nitrogens is 4. The Bertz CT molecular complexity index is 1010. The Morgan fingerprint density at radius 3 is 2.11 bits per heavy atom. The van der Waals surface area contributed by atoms with E-state index in [1.54, 1.807) is 32.7 Å². The van der Waals surface area contributed by atoms with E-state index in [4.69, 9.17) is 9.47 Å². The standard InChI is InChI=1S/C20H18FN5O2/c1-27-16-8-11-12(9-17(16)28-2)15-5-4-14(11)26(15)20-13(21)10-24-19(25-20)18-22-6-3-7-23-18/h3,6-10,14-15H,4-5H2,1-2H3. The molecule has 0 spiro atoms. The molecule has 2 bridgehead atoms. The van der Waals surface area contributed by atoms with Crippen molar-refractivity contribution < 1.29 is 13.9 Å². The van der Waals surface area contributed by atoms with Gasteiger partial charge in [0.2, 0.25) is 0 Å². The zero-order chi connectivity index (χ0) is 19.3. The van der Waals surface area contributed by atoms with E-state index in [-0.39, 0.29) is 17.9 Å². The first-order chi connectivity index (χ1) is 13.7. The smallest absolute Gasteiger partial charge is 0.199 e. The van der Waals surface area contributed by atoms with Gasteiger partial charge in [0.05, 0.1) is 32.5 Å². The highest BCUT2D eigenvalue weighted by atomic mass is 19.1. The Labute approximate surface area is 161 Å². The van der Waals surface area contributed by atoms with Crippen molar-refractivity contribution in [2.24, 2.45) is 0 Å². The Balaban J connectivity index is 1.60. The van der Waals surface area contributed by atoms with Gasteiger partial charge in [0.1, 0.15) is 0 Å². The van der Waals surface area contributed by atoms with Gasteiger partial charge in [-0.1, -0.05) is 0 Å². The van der Waals surface area contributed by atoms with Crippen molar-refractivity contribution in [2.75, 3.05) is 19.1 Å². The Morgan fingerprint density at radius 2 is 1.54 bits per heavy atom. The fourth-order valence-corrected chi connectivity index (χ4v) is 4.27. The number of rotatable bonds is 4. The van der Waals surface area contributed by atoms with Gasteiger partial charge < -0.3 is 14.4 Å². The minimum atomic E-state index is -0.455. The van der Waals surface area contributed by atoms with Crippen molar-refractivity contribution in [3.63, 3.8) is 0 Å². The van der Waals surface area contributed by atoms with Gasteiger partial charge in [-0.15, -0.1) is 0 Å². The molecule has 2 unspecified atom stereocenters. The van der Waals surface area contributed by atoms with Gasteiger partial charge in [-0.25, -0.2) is 24.3 Å². The lowest BCUT2D eigenvalue weighted by Crippen LogP contribution is -2.21. The number of hydrogen-bond acceptors (Lipinski definition) is 7. The van der Waals surface area contributed by atoms with Gasteiger partial charge in [0, 0.05) is 12.4 Å². The first kappa shape index (κ1) is 16.9. The molecule has 5 rings (SSSR count). The molecule has 0 N–H and O–H groups in total. The van der Waals surface area contributed by atoms with Crippen LogP contribution < -0.4 is 14.4 Å². The molecule has 2 aliphatic rings. The third-order valence-corrected chi connectivity index (χ3v) is 5.43. The van der Waals surface area contributed by atoms with Gasteiger partial charge in [-0.2, -0.15) is 0 Å². The highest BCUT2D eigenvalue weighted by Gasteiger charge is 2.46. The molecule has 0 saturated carbocycles. The van der Waals surface area contributed by atoms with Crippen LogP contribution in [0.25, 0.3) is 11.6 Å². The number of benzene rings is 1. The minimum absolute atomic E-state index is 0.0359. The van der Waals surface area contributed by atoms with E-state index < -0.39 is 5.82 Å². The quantitative estimate of drug-likeness (QED) is 0.687. The minimum Gasteiger partial charge on any atom is -0.493 e. The van der Waals surface area contributed by atoms with Crippen LogP contribution in [0.3, 0.4) is 0 Å². The molecule has 1 fully saturated rings. The molecule has 2 aliphatic heterocycles. The largest absolute Gasteiger partial charge is 0.493 e. The van der Waals surface area contributed by atoms with Crippen LogP contribution >= 0.6 is 0 Å². The lowest BCUT2D eigenvalue weighted by molar-refractivity contribution is 0.353. The van der Waals surface area contributed by atoms with E-state index in [2.05, 4.69) is 19.9 Å². The third-order valence-electron chi connectivity index (χ3n) is 5.43. The predicted molar refractivity (Wildman–Crippen MR) is 99.8 cm³/mol. The lowest BCUT2D eigenvalue weighted by Gasteiger charge is -2.24. The first-order valence-electron chi connectivity index (χ1n) is 9.05. The molecule has 4 heterocycles. The van der Waals surface area contributed by atoms with Crippen molar-refractivity contribution in [2.45, 2.75) is 24.9 Å². The van der Waals surface area contributed by atoms with Crippen LogP contribution in [0, 0.1) is 5.82 Å². The molecule has 3 aromatic rings. The molecule has 142 valence electrons. The molecule has 7 nitrogen and oxygen atoms in total. The topological polar surface area (TPSA) is 73.3 Å². The fourth-order valence-electron chi connectivity index (χ4n) is 4.27. The number of hydrogen-bond donors (Lipinski definition) is 0. The van der Waals surface area contributed by atoms with E-state index in [0.29, 0.717) is 23.1 Å². The number of halogens is 1. The summed E-state index contributed by atoms with van der Waals surface area (Å²) in [5, 5.41) is 0. The summed E-state index contributed by atoms with van der Waals surface area (Å²) in [5.41, 5.74) is 2.26. The SMILES string of the molecule is COc1cc2c(cc1OC)C1CCC2N1c1nc(-c2ncccn2)ncc1F. The second-order valence-corrected chi connectivity index (χ2v) is 6.79. The zero-order valence-electron chi connectivity index (χ0n) is 15.5. The predicted octanol–water partition coefficient (Wildman–Crippen LogP) is 3.49. The molecule has 1 aromatic carbocycles. The second-order valence-electron chi connectivity index (χ2n) is 6.79. The van der Waals surface area contributed by atoms with Crippen molar-refractivity contribution in [1.82, 2.24) is 19.9 Å². The number of nitrogens with zero attached hydrogens (tertiary/aromatic N) is 5. The number of ether oxygens (including phenoxy) is 2. The van der Waals surface area contributed by atoms with E-state index in [1.807, 2.05) is 17.0 Å². The number of fused-ring (bicyclic) bond motifs is 5. The first-order valence-corrected chi connectivity index (χ1v) is 9.05. The van der Waals surface area contributed by atoms with Gasteiger partial charge >= 0.3 is 0 Å². The summed E-state index contributed by atoms with van der Waals surface area (Å²) in [6.07, 6.45) is 6.27. The fraction of sp³-hybridized carbons (Fsp3) is 0.300. The van der Waals surface area contributed by atoms with E-state index in [9.17, 15) is 4.39 Å². The zero-order valence-corrected chi connectivity index (χ0v) is 15.5. The van der Waals surface area contributed by atoms with Crippen LogP contribution in [-0.4, -0.2) is 34.2 Å². The highest BCUT2D eigenvalue weighted by molar-refractivity contribution is 5.62. The Kier molecular flexibility index (Phi) is 3.85. The summed E-state index contributed by atoms with van der Waals surface area (Å²) in [6.45, 7) is 0. The maximum atomic E-state index is 14.8. The lowest BCUT2D eigenvalue weighted by atomic mass is 9.91. The number of anilines is 1. The van der Waals surface area contributed by atoms with Crippen molar-refractivity contribution in [3.05, 3.63) is 53.7 Å². The summed E-state index contributed by atoms with van der Waals surface area (Å²) in [4.78, 5) is 18.9. The van der Waals surface area contributed by atoms with Crippen LogP contribution in [0.15, 0.2) is 36.8 Å². The highest BCUT2D eigenvalue weighted by Crippen LogP contribution is 2.56. The average Bonchev–Trinajstić information content (AvgIpc) is 3.30. The second kappa shape index (κ2) is 6.40. The van der Waals surface area contributed by atoms with E-state index in [1.165, 1.54) is 6.20 Å². The van der Waals surface area contributed by atoms with Crippen molar-refractivity contribution >= 4 is 5.82 Å². The molecule has 0 radical (unpaired) electrons. The summed E-state index contributed by atoms with van der Waals surface area (Å²) >= 11 is 0. The van der Waals surface area contributed by atoms with E-state index in [0.717, 1.165) is 24.0 Å². The van der Waals surface area contributed by atoms with Crippen molar-refractivity contribution in [1.29, 1.82) is 0 Å².